The molecule has 0 fully saturated rings. The first-order chi connectivity index (χ1) is 6.02. The number of halogens is 1. The standard InChI is InChI=1S/C11H15FO/c1-7(2)10-6-9(8(3)13)4-5-11(10)12/h4-8,13H,1-3H3. The van der Waals surface area contributed by atoms with Crippen LogP contribution in [0.25, 0.3) is 0 Å². The topological polar surface area (TPSA) is 20.2 Å². The van der Waals surface area contributed by atoms with Crippen LogP contribution in [-0.2, 0) is 0 Å². The maximum Gasteiger partial charge on any atom is 0.126 e. The van der Waals surface area contributed by atoms with Gasteiger partial charge in [0.2, 0.25) is 0 Å². The van der Waals surface area contributed by atoms with E-state index in [0.717, 1.165) is 5.56 Å². The molecule has 0 saturated carbocycles. The Hall–Kier alpha value is -0.890. The summed E-state index contributed by atoms with van der Waals surface area (Å²) in [6.45, 7) is 5.55. The van der Waals surface area contributed by atoms with Crippen molar-refractivity contribution in [3.63, 3.8) is 0 Å². The Morgan fingerprint density at radius 2 is 1.85 bits per heavy atom. The van der Waals surface area contributed by atoms with Gasteiger partial charge in [-0.15, -0.1) is 0 Å². The van der Waals surface area contributed by atoms with Gasteiger partial charge in [0, 0.05) is 0 Å². The van der Waals surface area contributed by atoms with Crippen LogP contribution in [0.5, 0.6) is 0 Å². The van der Waals surface area contributed by atoms with Crippen LogP contribution >= 0.6 is 0 Å². The fourth-order valence-electron chi connectivity index (χ4n) is 1.26. The summed E-state index contributed by atoms with van der Waals surface area (Å²) >= 11 is 0. The largest absolute Gasteiger partial charge is 0.389 e. The number of aliphatic hydroxyl groups is 1. The first-order valence-corrected chi connectivity index (χ1v) is 4.49. The molecule has 0 aliphatic rings. The molecule has 1 nitrogen and oxygen atoms in total. The summed E-state index contributed by atoms with van der Waals surface area (Å²) in [6, 6.07) is 4.76. The van der Waals surface area contributed by atoms with E-state index >= 15 is 0 Å². The van der Waals surface area contributed by atoms with Gasteiger partial charge in [0.05, 0.1) is 6.10 Å². The van der Waals surface area contributed by atoms with Gasteiger partial charge >= 0.3 is 0 Å². The minimum absolute atomic E-state index is 0.152. The molecule has 1 atom stereocenters. The van der Waals surface area contributed by atoms with E-state index in [1.807, 2.05) is 13.8 Å². The molecule has 0 radical (unpaired) electrons. The van der Waals surface area contributed by atoms with E-state index in [-0.39, 0.29) is 11.7 Å². The van der Waals surface area contributed by atoms with Crippen molar-refractivity contribution in [1.29, 1.82) is 0 Å². The van der Waals surface area contributed by atoms with Gasteiger partial charge < -0.3 is 5.11 Å². The lowest BCUT2D eigenvalue weighted by Crippen LogP contribution is -1.97. The summed E-state index contributed by atoms with van der Waals surface area (Å²) in [5.74, 6) is -0.0434. The van der Waals surface area contributed by atoms with Crippen molar-refractivity contribution >= 4 is 0 Å². The fourth-order valence-corrected chi connectivity index (χ4v) is 1.26. The van der Waals surface area contributed by atoms with Crippen LogP contribution in [0, 0.1) is 5.82 Å². The molecule has 0 saturated heterocycles. The van der Waals surface area contributed by atoms with E-state index in [1.165, 1.54) is 6.07 Å². The number of benzene rings is 1. The Kier molecular flexibility index (Phi) is 3.04. The zero-order valence-electron chi connectivity index (χ0n) is 8.21. The van der Waals surface area contributed by atoms with Crippen molar-refractivity contribution in [3.8, 4) is 0 Å². The third-order valence-corrected chi connectivity index (χ3v) is 2.12. The molecule has 1 aromatic carbocycles. The molecular weight excluding hydrogens is 167 g/mol. The first kappa shape index (κ1) is 10.2. The molecule has 1 unspecified atom stereocenters. The lowest BCUT2D eigenvalue weighted by atomic mass is 9.98. The van der Waals surface area contributed by atoms with Crippen molar-refractivity contribution in [2.24, 2.45) is 0 Å². The number of rotatable bonds is 2. The molecule has 0 spiro atoms. The maximum atomic E-state index is 13.2. The molecule has 0 amide bonds. The molecule has 1 aromatic rings. The van der Waals surface area contributed by atoms with E-state index in [2.05, 4.69) is 0 Å². The molecule has 2 heteroatoms. The first-order valence-electron chi connectivity index (χ1n) is 4.49. The van der Waals surface area contributed by atoms with Gasteiger partial charge in [-0.25, -0.2) is 4.39 Å². The van der Waals surface area contributed by atoms with Crippen molar-refractivity contribution < 1.29 is 9.50 Å². The predicted molar refractivity (Wildman–Crippen MR) is 51.1 cm³/mol. The summed E-state index contributed by atoms with van der Waals surface area (Å²) in [5.41, 5.74) is 1.43. The highest BCUT2D eigenvalue weighted by Crippen LogP contribution is 2.22. The Bertz CT molecular complexity index is 292. The molecule has 1 rings (SSSR count). The smallest absolute Gasteiger partial charge is 0.126 e. The van der Waals surface area contributed by atoms with Crippen molar-refractivity contribution in [2.75, 3.05) is 0 Å². The second-order valence-corrected chi connectivity index (χ2v) is 3.61. The molecule has 0 aliphatic heterocycles. The van der Waals surface area contributed by atoms with Crippen molar-refractivity contribution in [3.05, 3.63) is 35.1 Å². The highest BCUT2D eigenvalue weighted by molar-refractivity contribution is 5.28. The lowest BCUT2D eigenvalue weighted by molar-refractivity contribution is 0.199. The number of aliphatic hydroxyl groups excluding tert-OH is 1. The van der Waals surface area contributed by atoms with Gasteiger partial charge in [0.1, 0.15) is 5.82 Å². The normalized spacial score (nSPS) is 13.4. The van der Waals surface area contributed by atoms with Crippen LogP contribution in [0.1, 0.15) is 43.9 Å². The zero-order chi connectivity index (χ0) is 10.0. The zero-order valence-corrected chi connectivity index (χ0v) is 8.21. The van der Waals surface area contributed by atoms with Gasteiger partial charge in [-0.3, -0.25) is 0 Å². The summed E-state index contributed by atoms with van der Waals surface area (Å²) in [4.78, 5) is 0. The van der Waals surface area contributed by atoms with Gasteiger partial charge in [-0.05, 0) is 30.0 Å². The van der Waals surface area contributed by atoms with E-state index in [4.69, 9.17) is 0 Å². The maximum absolute atomic E-state index is 13.2. The van der Waals surface area contributed by atoms with Crippen LogP contribution in [0.2, 0.25) is 0 Å². The molecular formula is C11H15FO. The second-order valence-electron chi connectivity index (χ2n) is 3.61. The van der Waals surface area contributed by atoms with Crippen LogP contribution < -0.4 is 0 Å². The van der Waals surface area contributed by atoms with E-state index in [9.17, 15) is 9.50 Å². The molecule has 13 heavy (non-hydrogen) atoms. The molecule has 0 aromatic heterocycles. The second kappa shape index (κ2) is 3.88. The SMILES string of the molecule is CC(C)c1cc(C(C)O)ccc1F. The van der Waals surface area contributed by atoms with Crippen molar-refractivity contribution in [1.82, 2.24) is 0 Å². The predicted octanol–water partition coefficient (Wildman–Crippen LogP) is 3.00. The van der Waals surface area contributed by atoms with Crippen LogP contribution in [-0.4, -0.2) is 5.11 Å². The Balaban J connectivity index is 3.11. The minimum atomic E-state index is -0.530. The Labute approximate surface area is 78.2 Å². The van der Waals surface area contributed by atoms with Gasteiger partial charge in [-0.1, -0.05) is 26.0 Å². The van der Waals surface area contributed by atoms with Gasteiger partial charge in [0.25, 0.3) is 0 Å². The molecule has 0 bridgehead atoms. The third kappa shape index (κ3) is 2.28. The molecule has 1 N–H and O–H groups in total. The van der Waals surface area contributed by atoms with Crippen LogP contribution in [0.3, 0.4) is 0 Å². The van der Waals surface area contributed by atoms with Crippen molar-refractivity contribution in [2.45, 2.75) is 32.8 Å². The van der Waals surface area contributed by atoms with E-state index in [1.54, 1.807) is 19.1 Å². The summed E-state index contributed by atoms with van der Waals surface area (Å²) < 4.78 is 13.2. The van der Waals surface area contributed by atoms with E-state index in [0.29, 0.717) is 5.56 Å². The monoisotopic (exact) mass is 182 g/mol. The van der Waals surface area contributed by atoms with Crippen LogP contribution in [0.15, 0.2) is 18.2 Å². The third-order valence-electron chi connectivity index (χ3n) is 2.12. The average Bonchev–Trinajstić information content (AvgIpc) is 2.04. The number of hydrogen-bond acceptors (Lipinski definition) is 1. The molecule has 0 heterocycles. The van der Waals surface area contributed by atoms with Crippen LogP contribution in [0.4, 0.5) is 4.39 Å². The highest BCUT2D eigenvalue weighted by Gasteiger charge is 2.09. The fraction of sp³-hybridized carbons (Fsp3) is 0.455. The summed E-state index contributed by atoms with van der Waals surface area (Å²) in [5, 5.41) is 9.30. The highest BCUT2D eigenvalue weighted by atomic mass is 19.1. The quantitative estimate of drug-likeness (QED) is 0.745. The van der Waals surface area contributed by atoms with Gasteiger partial charge in [-0.2, -0.15) is 0 Å². The van der Waals surface area contributed by atoms with Gasteiger partial charge in [0.15, 0.2) is 0 Å². The van der Waals surface area contributed by atoms with E-state index < -0.39 is 6.10 Å². The molecule has 0 aliphatic carbocycles. The summed E-state index contributed by atoms with van der Waals surface area (Å²) in [6.07, 6.45) is -0.530. The number of hydrogen-bond donors (Lipinski definition) is 1. The Morgan fingerprint density at radius 1 is 1.23 bits per heavy atom. The summed E-state index contributed by atoms with van der Waals surface area (Å²) in [7, 11) is 0. The lowest BCUT2D eigenvalue weighted by Gasteiger charge is -2.11. The Morgan fingerprint density at radius 3 is 2.31 bits per heavy atom. The average molecular weight is 182 g/mol. The minimum Gasteiger partial charge on any atom is -0.389 e. The molecule has 72 valence electrons.